The molecule has 0 aliphatic carbocycles. The average Bonchev–Trinajstić information content (AvgIpc) is 2.37. The van der Waals surface area contributed by atoms with E-state index in [4.69, 9.17) is 10.5 Å². The van der Waals surface area contributed by atoms with E-state index in [-0.39, 0.29) is 6.04 Å². The van der Waals surface area contributed by atoms with E-state index in [0.29, 0.717) is 5.75 Å². The van der Waals surface area contributed by atoms with Gasteiger partial charge < -0.3 is 15.8 Å². The molecule has 4 N–H and O–H groups in total. The van der Waals surface area contributed by atoms with E-state index in [1.807, 2.05) is 44.4 Å². The number of primary amides is 1. The van der Waals surface area contributed by atoms with Crippen molar-refractivity contribution >= 4 is 11.9 Å². The number of urea groups is 1. The van der Waals surface area contributed by atoms with Crippen LogP contribution in [0.2, 0.25) is 0 Å². The molecule has 6 nitrogen and oxygen atoms in total. The molecule has 110 valence electrons. The minimum atomic E-state index is -0.890. The predicted molar refractivity (Wildman–Crippen MR) is 76.5 cm³/mol. The lowest BCUT2D eigenvalue weighted by Crippen LogP contribution is -2.42. The fraction of sp³-hybridized carbons (Fsp3) is 0.429. The Morgan fingerprint density at radius 2 is 1.95 bits per heavy atom. The third-order valence-electron chi connectivity index (χ3n) is 2.99. The lowest BCUT2D eigenvalue weighted by molar-refractivity contribution is -0.126. The molecule has 0 spiro atoms. The molecule has 3 amide bonds. The Hall–Kier alpha value is -2.08. The molecule has 0 aromatic heterocycles. The molecule has 0 bridgehead atoms. The van der Waals surface area contributed by atoms with Gasteiger partial charge >= 0.3 is 6.03 Å². The Balaban J connectivity index is 2.92. The van der Waals surface area contributed by atoms with Crippen LogP contribution < -0.4 is 21.1 Å². The van der Waals surface area contributed by atoms with Crippen molar-refractivity contribution in [3.05, 3.63) is 29.3 Å². The van der Waals surface area contributed by atoms with Crippen LogP contribution in [0.3, 0.4) is 0 Å². The minimum absolute atomic E-state index is 0.0806. The first-order valence-corrected chi connectivity index (χ1v) is 6.40. The maximum Gasteiger partial charge on any atom is 0.318 e. The van der Waals surface area contributed by atoms with Gasteiger partial charge in [0.05, 0.1) is 0 Å². The second-order valence-electron chi connectivity index (χ2n) is 4.67. The highest BCUT2D eigenvalue weighted by molar-refractivity contribution is 5.95. The Labute approximate surface area is 118 Å². The molecule has 0 heterocycles. The molecule has 1 aromatic carbocycles. The van der Waals surface area contributed by atoms with Crippen LogP contribution in [-0.2, 0) is 4.79 Å². The van der Waals surface area contributed by atoms with Gasteiger partial charge in [-0.05, 0) is 39.4 Å². The normalized spacial score (nSPS) is 13.4. The maximum atomic E-state index is 11.6. The number of rotatable bonds is 5. The van der Waals surface area contributed by atoms with Gasteiger partial charge in [-0.1, -0.05) is 12.1 Å². The summed E-state index contributed by atoms with van der Waals surface area (Å²) in [6.45, 7) is 5.49. The molecule has 6 heteroatoms. The van der Waals surface area contributed by atoms with Crippen LogP contribution in [0.5, 0.6) is 5.75 Å². The molecule has 0 saturated carbocycles. The number of hydrogen-bond donors (Lipinski definition) is 3. The van der Waals surface area contributed by atoms with E-state index in [1.54, 1.807) is 6.92 Å². The second-order valence-corrected chi connectivity index (χ2v) is 4.67. The number of imide groups is 1. The lowest BCUT2D eigenvalue weighted by atomic mass is 10.1. The quantitative estimate of drug-likeness (QED) is 0.756. The smallest absolute Gasteiger partial charge is 0.318 e. The largest absolute Gasteiger partial charge is 0.481 e. The number of hydrogen-bond acceptors (Lipinski definition) is 4. The molecule has 0 aliphatic rings. The van der Waals surface area contributed by atoms with E-state index in [9.17, 15) is 9.59 Å². The summed E-state index contributed by atoms with van der Waals surface area (Å²) in [6, 6.07) is 4.97. The van der Waals surface area contributed by atoms with E-state index < -0.39 is 18.0 Å². The van der Waals surface area contributed by atoms with Gasteiger partial charge in [-0.2, -0.15) is 0 Å². The van der Waals surface area contributed by atoms with Gasteiger partial charge in [0.2, 0.25) is 0 Å². The summed E-state index contributed by atoms with van der Waals surface area (Å²) in [5, 5.41) is 5.12. The van der Waals surface area contributed by atoms with Crippen molar-refractivity contribution in [1.29, 1.82) is 0 Å². The molecule has 0 saturated heterocycles. The van der Waals surface area contributed by atoms with Crippen molar-refractivity contribution in [2.75, 3.05) is 7.05 Å². The van der Waals surface area contributed by atoms with Crippen LogP contribution in [0.1, 0.15) is 31.0 Å². The standard InChI is InChI=1S/C14H21N3O3/c1-8-5-6-11(9(2)16-4)12(7-8)20-10(3)13(18)17-14(15)19/h5-7,9-10,16H,1-4H3,(H3,15,17,18,19). The van der Waals surface area contributed by atoms with Gasteiger partial charge in [0.1, 0.15) is 5.75 Å². The summed E-state index contributed by atoms with van der Waals surface area (Å²) in [5.74, 6) is 0.0426. The van der Waals surface area contributed by atoms with Gasteiger partial charge in [-0.3, -0.25) is 10.1 Å². The SMILES string of the molecule is CNC(C)c1ccc(C)cc1OC(C)C(=O)NC(N)=O. The lowest BCUT2D eigenvalue weighted by Gasteiger charge is -2.20. The molecular formula is C14H21N3O3. The molecule has 0 fully saturated rings. The number of carbonyl (C=O) groups excluding carboxylic acids is 2. The van der Waals surface area contributed by atoms with Gasteiger partial charge in [-0.15, -0.1) is 0 Å². The van der Waals surface area contributed by atoms with Gasteiger partial charge in [0.15, 0.2) is 6.10 Å². The fourth-order valence-corrected chi connectivity index (χ4v) is 1.72. The van der Waals surface area contributed by atoms with E-state index in [0.717, 1.165) is 11.1 Å². The molecule has 1 aromatic rings. The Bertz CT molecular complexity index is 502. The first-order valence-electron chi connectivity index (χ1n) is 6.40. The third-order valence-corrected chi connectivity index (χ3v) is 2.99. The van der Waals surface area contributed by atoms with E-state index in [1.165, 1.54) is 0 Å². The summed E-state index contributed by atoms with van der Waals surface area (Å²) in [4.78, 5) is 22.3. The van der Waals surface area contributed by atoms with Crippen LogP contribution in [0.4, 0.5) is 4.79 Å². The number of ether oxygens (including phenoxy) is 1. The number of benzene rings is 1. The summed E-state index contributed by atoms with van der Waals surface area (Å²) in [5.41, 5.74) is 6.88. The Kier molecular flexibility index (Phi) is 5.52. The molecule has 1 rings (SSSR count). The van der Waals surface area contributed by atoms with Gasteiger partial charge in [0, 0.05) is 11.6 Å². The van der Waals surface area contributed by atoms with E-state index >= 15 is 0 Å². The monoisotopic (exact) mass is 279 g/mol. The highest BCUT2D eigenvalue weighted by atomic mass is 16.5. The van der Waals surface area contributed by atoms with Crippen molar-refractivity contribution in [2.45, 2.75) is 32.9 Å². The van der Waals surface area contributed by atoms with Gasteiger partial charge in [-0.25, -0.2) is 4.79 Å². The van der Waals surface area contributed by atoms with Crippen molar-refractivity contribution < 1.29 is 14.3 Å². The van der Waals surface area contributed by atoms with Gasteiger partial charge in [0.25, 0.3) is 5.91 Å². The van der Waals surface area contributed by atoms with Crippen LogP contribution in [-0.4, -0.2) is 25.1 Å². The number of amides is 3. The van der Waals surface area contributed by atoms with Crippen molar-refractivity contribution in [1.82, 2.24) is 10.6 Å². The zero-order chi connectivity index (χ0) is 15.3. The summed E-state index contributed by atoms with van der Waals surface area (Å²) >= 11 is 0. The highest BCUT2D eigenvalue weighted by Gasteiger charge is 2.19. The molecule has 2 unspecified atom stereocenters. The second kappa shape index (κ2) is 6.91. The van der Waals surface area contributed by atoms with Crippen LogP contribution in [0.15, 0.2) is 18.2 Å². The number of carbonyl (C=O) groups is 2. The number of aryl methyl sites for hydroxylation is 1. The number of nitrogens with one attached hydrogen (secondary N) is 2. The molecule has 2 atom stereocenters. The molecular weight excluding hydrogens is 258 g/mol. The van der Waals surface area contributed by atoms with Crippen molar-refractivity contribution in [2.24, 2.45) is 5.73 Å². The van der Waals surface area contributed by atoms with Crippen molar-refractivity contribution in [3.63, 3.8) is 0 Å². The van der Waals surface area contributed by atoms with Crippen LogP contribution in [0.25, 0.3) is 0 Å². The van der Waals surface area contributed by atoms with E-state index in [2.05, 4.69) is 5.32 Å². The molecule has 0 aliphatic heterocycles. The zero-order valence-corrected chi connectivity index (χ0v) is 12.2. The first kappa shape index (κ1) is 16.0. The number of nitrogens with two attached hydrogens (primary N) is 1. The Morgan fingerprint density at radius 3 is 2.50 bits per heavy atom. The average molecular weight is 279 g/mol. The topological polar surface area (TPSA) is 93.4 Å². The fourth-order valence-electron chi connectivity index (χ4n) is 1.72. The minimum Gasteiger partial charge on any atom is -0.481 e. The zero-order valence-electron chi connectivity index (χ0n) is 12.2. The summed E-state index contributed by atoms with van der Waals surface area (Å²) in [6.07, 6.45) is -0.813. The Morgan fingerprint density at radius 1 is 1.30 bits per heavy atom. The van der Waals surface area contributed by atoms with Crippen molar-refractivity contribution in [3.8, 4) is 5.75 Å². The van der Waals surface area contributed by atoms with Crippen LogP contribution >= 0.6 is 0 Å². The third kappa shape index (κ3) is 4.24. The maximum absolute atomic E-state index is 11.6. The predicted octanol–water partition coefficient (Wildman–Crippen LogP) is 1.24. The first-order chi connectivity index (χ1) is 9.35. The summed E-state index contributed by atoms with van der Waals surface area (Å²) < 4.78 is 5.65. The van der Waals surface area contributed by atoms with Crippen LogP contribution in [0, 0.1) is 6.92 Å². The summed E-state index contributed by atoms with van der Waals surface area (Å²) in [7, 11) is 1.84. The highest BCUT2D eigenvalue weighted by Crippen LogP contribution is 2.27. The molecule has 20 heavy (non-hydrogen) atoms. The molecule has 0 radical (unpaired) electrons.